The van der Waals surface area contributed by atoms with Crippen LogP contribution in [0.15, 0.2) is 24.3 Å². The van der Waals surface area contributed by atoms with Crippen LogP contribution in [0.2, 0.25) is 0 Å². The summed E-state index contributed by atoms with van der Waals surface area (Å²) in [5.74, 6) is -1.53. The first-order valence-corrected chi connectivity index (χ1v) is 15.3. The van der Waals surface area contributed by atoms with E-state index in [-0.39, 0.29) is 11.8 Å². The van der Waals surface area contributed by atoms with Crippen LogP contribution < -0.4 is 10.6 Å². The van der Waals surface area contributed by atoms with Gasteiger partial charge in [0.15, 0.2) is 0 Å². The van der Waals surface area contributed by atoms with Crippen LogP contribution in [0.5, 0.6) is 0 Å². The van der Waals surface area contributed by atoms with E-state index in [1.54, 1.807) is 24.3 Å². The van der Waals surface area contributed by atoms with Crippen molar-refractivity contribution >= 4 is 17.8 Å². The molecule has 0 bridgehead atoms. The number of carboxylic acids is 1. The molecule has 0 aliphatic carbocycles. The molecule has 0 saturated carbocycles. The topological polar surface area (TPSA) is 95.5 Å². The molecule has 6 nitrogen and oxygen atoms in total. The van der Waals surface area contributed by atoms with Gasteiger partial charge in [0.1, 0.15) is 6.04 Å². The van der Waals surface area contributed by atoms with Gasteiger partial charge in [0.05, 0.1) is 0 Å². The lowest BCUT2D eigenvalue weighted by Gasteiger charge is -2.20. The summed E-state index contributed by atoms with van der Waals surface area (Å²) in [6.45, 7) is 6.40. The maximum atomic E-state index is 12.4. The molecule has 0 aromatic heterocycles. The summed E-state index contributed by atoms with van der Waals surface area (Å²) >= 11 is 0. The SMILES string of the molecule is CCCCCCCCCCCCCCCCCC(=O)NCc1ccc(C(=O)N[C@H](C(=O)O)[C@@H](C)CC)cc1. The summed E-state index contributed by atoms with van der Waals surface area (Å²) in [4.78, 5) is 36.0. The summed E-state index contributed by atoms with van der Waals surface area (Å²) in [6, 6.07) is 6.01. The Hall–Kier alpha value is -2.37. The first-order chi connectivity index (χ1) is 18.4. The number of amides is 2. The van der Waals surface area contributed by atoms with Gasteiger partial charge in [-0.1, -0.05) is 129 Å². The van der Waals surface area contributed by atoms with Gasteiger partial charge in [-0.15, -0.1) is 0 Å². The van der Waals surface area contributed by atoms with E-state index in [2.05, 4.69) is 17.6 Å². The second-order valence-corrected chi connectivity index (χ2v) is 10.8. The maximum Gasteiger partial charge on any atom is 0.326 e. The Morgan fingerprint density at radius 1 is 0.737 bits per heavy atom. The molecule has 2 amide bonds. The molecule has 0 heterocycles. The van der Waals surface area contributed by atoms with Gasteiger partial charge in [0.2, 0.25) is 5.91 Å². The Morgan fingerprint density at radius 3 is 1.66 bits per heavy atom. The molecule has 6 heteroatoms. The Morgan fingerprint density at radius 2 is 1.21 bits per heavy atom. The lowest BCUT2D eigenvalue weighted by molar-refractivity contribution is -0.140. The minimum absolute atomic E-state index is 0.0550. The Labute approximate surface area is 231 Å². The van der Waals surface area contributed by atoms with Gasteiger partial charge in [-0.05, 0) is 30.0 Å². The number of carbonyl (C=O) groups excluding carboxylic acids is 2. The van der Waals surface area contributed by atoms with Crippen LogP contribution in [0, 0.1) is 5.92 Å². The fraction of sp³-hybridized carbons (Fsp3) is 0.719. The van der Waals surface area contributed by atoms with Crippen LogP contribution in [0.1, 0.15) is 146 Å². The van der Waals surface area contributed by atoms with E-state index in [1.807, 2.05) is 13.8 Å². The van der Waals surface area contributed by atoms with Crippen LogP contribution >= 0.6 is 0 Å². The maximum absolute atomic E-state index is 12.4. The van der Waals surface area contributed by atoms with Crippen LogP contribution in [0.4, 0.5) is 0 Å². The molecule has 0 spiro atoms. The fourth-order valence-electron chi connectivity index (χ4n) is 4.63. The molecule has 0 fully saturated rings. The van der Waals surface area contributed by atoms with Gasteiger partial charge < -0.3 is 15.7 Å². The molecule has 1 aromatic carbocycles. The lowest BCUT2D eigenvalue weighted by atomic mass is 9.99. The Balaban J connectivity index is 2.08. The largest absolute Gasteiger partial charge is 0.480 e. The van der Waals surface area contributed by atoms with Crippen molar-refractivity contribution in [1.82, 2.24) is 10.6 Å². The predicted octanol–water partition coefficient (Wildman–Crippen LogP) is 7.79. The molecule has 0 unspecified atom stereocenters. The normalized spacial score (nSPS) is 12.6. The summed E-state index contributed by atoms with van der Waals surface area (Å²) in [5, 5.41) is 14.9. The summed E-state index contributed by atoms with van der Waals surface area (Å²) in [5.41, 5.74) is 1.32. The van der Waals surface area contributed by atoms with Crippen molar-refractivity contribution in [3.8, 4) is 0 Å². The molecule has 1 aromatic rings. The third kappa shape index (κ3) is 15.8. The third-order valence-corrected chi connectivity index (χ3v) is 7.48. The smallest absolute Gasteiger partial charge is 0.326 e. The molecule has 3 N–H and O–H groups in total. The number of rotatable bonds is 23. The number of unbranched alkanes of at least 4 members (excludes halogenated alkanes) is 14. The zero-order valence-corrected chi connectivity index (χ0v) is 24.4. The first kappa shape index (κ1) is 33.7. The molecule has 2 atom stereocenters. The molecule has 0 saturated heterocycles. The van der Waals surface area contributed by atoms with Crippen molar-refractivity contribution in [3.63, 3.8) is 0 Å². The average molecular weight is 531 g/mol. The Kier molecular flexibility index (Phi) is 19.1. The second-order valence-electron chi connectivity index (χ2n) is 10.8. The summed E-state index contributed by atoms with van der Waals surface area (Å²) in [6.07, 6.45) is 20.8. The quantitative estimate of drug-likeness (QED) is 0.126. The van der Waals surface area contributed by atoms with Crippen molar-refractivity contribution in [3.05, 3.63) is 35.4 Å². The summed E-state index contributed by atoms with van der Waals surface area (Å²) < 4.78 is 0. The van der Waals surface area contributed by atoms with Crippen molar-refractivity contribution in [2.45, 2.75) is 143 Å². The van der Waals surface area contributed by atoms with Crippen molar-refractivity contribution in [2.24, 2.45) is 5.92 Å². The number of carboxylic acid groups (broad SMARTS) is 1. The number of nitrogens with one attached hydrogen (secondary N) is 2. The molecule has 216 valence electrons. The van der Waals surface area contributed by atoms with E-state index in [4.69, 9.17) is 0 Å². The van der Waals surface area contributed by atoms with Crippen LogP contribution in [-0.4, -0.2) is 28.9 Å². The number of benzene rings is 1. The molecule has 38 heavy (non-hydrogen) atoms. The van der Waals surface area contributed by atoms with E-state index in [9.17, 15) is 19.5 Å². The zero-order valence-electron chi connectivity index (χ0n) is 24.4. The van der Waals surface area contributed by atoms with Crippen LogP contribution in [0.25, 0.3) is 0 Å². The summed E-state index contributed by atoms with van der Waals surface area (Å²) in [7, 11) is 0. The van der Waals surface area contributed by atoms with Gasteiger partial charge in [0.25, 0.3) is 5.91 Å². The van der Waals surface area contributed by atoms with Crippen molar-refractivity contribution in [1.29, 1.82) is 0 Å². The molecule has 0 radical (unpaired) electrons. The number of hydrogen-bond acceptors (Lipinski definition) is 3. The highest BCUT2D eigenvalue weighted by Crippen LogP contribution is 2.14. The van der Waals surface area contributed by atoms with E-state index in [0.717, 1.165) is 18.4 Å². The van der Waals surface area contributed by atoms with E-state index < -0.39 is 17.9 Å². The van der Waals surface area contributed by atoms with E-state index in [0.29, 0.717) is 24.9 Å². The van der Waals surface area contributed by atoms with Crippen LogP contribution in [-0.2, 0) is 16.1 Å². The van der Waals surface area contributed by atoms with Gasteiger partial charge in [0, 0.05) is 18.5 Å². The molecule has 0 aliphatic rings. The van der Waals surface area contributed by atoms with Gasteiger partial charge >= 0.3 is 5.97 Å². The first-order valence-electron chi connectivity index (χ1n) is 15.3. The van der Waals surface area contributed by atoms with Crippen molar-refractivity contribution < 1.29 is 19.5 Å². The Bertz CT molecular complexity index is 778. The van der Waals surface area contributed by atoms with Crippen LogP contribution in [0.3, 0.4) is 0 Å². The van der Waals surface area contributed by atoms with Gasteiger partial charge in [-0.3, -0.25) is 9.59 Å². The number of aliphatic carboxylic acids is 1. The standard InChI is InChI=1S/C32H54N2O4/c1-4-6-7-8-9-10-11-12-13-14-15-16-17-18-19-20-29(35)33-25-27-21-23-28(24-22-27)31(36)34-30(32(37)38)26(3)5-2/h21-24,26,30H,4-20,25H2,1-3H3,(H,33,35)(H,34,36)(H,37,38)/t26-,30-/m0/s1. The lowest BCUT2D eigenvalue weighted by Crippen LogP contribution is -2.45. The molecular weight excluding hydrogens is 476 g/mol. The number of hydrogen-bond donors (Lipinski definition) is 3. The monoisotopic (exact) mass is 530 g/mol. The molecular formula is C32H54N2O4. The fourth-order valence-corrected chi connectivity index (χ4v) is 4.63. The highest BCUT2D eigenvalue weighted by Gasteiger charge is 2.25. The van der Waals surface area contributed by atoms with Crippen molar-refractivity contribution in [2.75, 3.05) is 0 Å². The molecule has 0 aliphatic heterocycles. The van der Waals surface area contributed by atoms with E-state index >= 15 is 0 Å². The zero-order chi connectivity index (χ0) is 28.0. The third-order valence-electron chi connectivity index (χ3n) is 7.48. The average Bonchev–Trinajstić information content (AvgIpc) is 2.92. The highest BCUT2D eigenvalue weighted by molar-refractivity contribution is 5.96. The predicted molar refractivity (Wildman–Crippen MR) is 156 cm³/mol. The highest BCUT2D eigenvalue weighted by atomic mass is 16.4. The number of carbonyl (C=O) groups is 3. The minimum Gasteiger partial charge on any atom is -0.480 e. The van der Waals surface area contributed by atoms with Gasteiger partial charge in [-0.25, -0.2) is 4.79 Å². The minimum atomic E-state index is -1.03. The van der Waals surface area contributed by atoms with E-state index in [1.165, 1.54) is 83.5 Å². The second kappa shape index (κ2) is 21.6. The van der Waals surface area contributed by atoms with Gasteiger partial charge in [-0.2, -0.15) is 0 Å². The molecule has 1 rings (SSSR count).